The van der Waals surface area contributed by atoms with E-state index in [9.17, 15) is 9.59 Å². The van der Waals surface area contributed by atoms with E-state index in [0.29, 0.717) is 37.3 Å². The molecule has 0 aromatic carbocycles. The highest BCUT2D eigenvalue weighted by Gasteiger charge is 2.22. The zero-order valence-electron chi connectivity index (χ0n) is 13.6. The fraction of sp³-hybridized carbons (Fsp3) is 0.294. The van der Waals surface area contributed by atoms with Gasteiger partial charge in [0.2, 0.25) is 0 Å². The highest BCUT2D eigenvalue weighted by molar-refractivity contribution is 6.03. The van der Waals surface area contributed by atoms with Crippen LogP contribution >= 0.6 is 0 Å². The molecule has 8 heteroatoms. The fourth-order valence-electron chi connectivity index (χ4n) is 2.78. The quantitative estimate of drug-likeness (QED) is 0.785. The molecular weight excluding hydrogens is 322 g/mol. The van der Waals surface area contributed by atoms with Crippen LogP contribution in [0.25, 0.3) is 0 Å². The van der Waals surface area contributed by atoms with E-state index in [1.165, 1.54) is 0 Å². The van der Waals surface area contributed by atoms with Crippen LogP contribution in [0.2, 0.25) is 0 Å². The van der Waals surface area contributed by atoms with Crippen molar-refractivity contribution < 1.29 is 14.7 Å². The van der Waals surface area contributed by atoms with Gasteiger partial charge in [0.15, 0.2) is 0 Å². The molecule has 2 amide bonds. The summed E-state index contributed by atoms with van der Waals surface area (Å²) in [5.74, 6) is 0.437. The van der Waals surface area contributed by atoms with Gasteiger partial charge in [-0.2, -0.15) is 0 Å². The molecule has 0 bridgehead atoms. The molecule has 25 heavy (non-hydrogen) atoms. The second-order valence-electron chi connectivity index (χ2n) is 5.78. The predicted molar refractivity (Wildman–Crippen MR) is 92.8 cm³/mol. The molecule has 3 N–H and O–H groups in total. The lowest BCUT2D eigenvalue weighted by molar-refractivity contribution is 0.102. The number of carbonyl (C=O) groups is 2. The second kappa shape index (κ2) is 7.61. The molecule has 2 aromatic rings. The van der Waals surface area contributed by atoms with Gasteiger partial charge in [0, 0.05) is 37.2 Å². The van der Waals surface area contributed by atoms with E-state index in [0.717, 1.165) is 5.82 Å². The van der Waals surface area contributed by atoms with Crippen molar-refractivity contribution >= 4 is 23.5 Å². The Bertz CT molecular complexity index is 745. The SMILES string of the molecule is O=C(O)NC1CCN(c2cccc(C(=O)Nc3ccncc3)n2)CC1. The van der Waals surface area contributed by atoms with Crippen molar-refractivity contribution in [1.82, 2.24) is 15.3 Å². The largest absolute Gasteiger partial charge is 0.465 e. The number of anilines is 2. The summed E-state index contributed by atoms with van der Waals surface area (Å²) in [5.41, 5.74) is 0.993. The van der Waals surface area contributed by atoms with E-state index < -0.39 is 6.09 Å². The third kappa shape index (κ3) is 4.43. The highest BCUT2D eigenvalue weighted by Crippen LogP contribution is 2.19. The molecule has 0 radical (unpaired) electrons. The summed E-state index contributed by atoms with van der Waals surface area (Å²) in [4.78, 5) is 33.4. The van der Waals surface area contributed by atoms with Crippen LogP contribution in [0.5, 0.6) is 0 Å². The van der Waals surface area contributed by atoms with E-state index in [1.807, 2.05) is 6.07 Å². The molecule has 1 fully saturated rings. The van der Waals surface area contributed by atoms with Crippen LogP contribution in [-0.4, -0.2) is 46.2 Å². The molecule has 1 saturated heterocycles. The summed E-state index contributed by atoms with van der Waals surface area (Å²) in [6.45, 7) is 1.38. The van der Waals surface area contributed by atoms with Gasteiger partial charge in [-0.25, -0.2) is 9.78 Å². The number of carboxylic acid groups (broad SMARTS) is 1. The smallest absolute Gasteiger partial charge is 0.404 e. The van der Waals surface area contributed by atoms with Gasteiger partial charge in [-0.15, -0.1) is 0 Å². The van der Waals surface area contributed by atoms with Crippen LogP contribution in [0.4, 0.5) is 16.3 Å². The van der Waals surface area contributed by atoms with Gasteiger partial charge in [-0.1, -0.05) is 6.07 Å². The Hall–Kier alpha value is -3.16. The van der Waals surface area contributed by atoms with Gasteiger partial charge in [0.05, 0.1) is 0 Å². The Labute approximate surface area is 144 Å². The number of hydrogen-bond donors (Lipinski definition) is 3. The highest BCUT2D eigenvalue weighted by atomic mass is 16.4. The average Bonchev–Trinajstić information content (AvgIpc) is 2.63. The molecule has 2 aromatic heterocycles. The van der Waals surface area contributed by atoms with E-state index in [4.69, 9.17) is 5.11 Å². The van der Waals surface area contributed by atoms with E-state index >= 15 is 0 Å². The summed E-state index contributed by atoms with van der Waals surface area (Å²) < 4.78 is 0. The van der Waals surface area contributed by atoms with E-state index in [1.54, 1.807) is 36.7 Å². The first-order valence-electron chi connectivity index (χ1n) is 8.04. The fourth-order valence-corrected chi connectivity index (χ4v) is 2.78. The minimum atomic E-state index is -0.994. The minimum Gasteiger partial charge on any atom is -0.465 e. The number of carbonyl (C=O) groups excluding carboxylic acids is 1. The zero-order chi connectivity index (χ0) is 17.6. The van der Waals surface area contributed by atoms with Crippen molar-refractivity contribution in [1.29, 1.82) is 0 Å². The number of hydrogen-bond acceptors (Lipinski definition) is 5. The Morgan fingerprint density at radius 2 is 1.84 bits per heavy atom. The van der Waals surface area contributed by atoms with Gasteiger partial charge >= 0.3 is 6.09 Å². The van der Waals surface area contributed by atoms with Crippen LogP contribution in [0.1, 0.15) is 23.3 Å². The number of piperidine rings is 1. The van der Waals surface area contributed by atoms with Crippen molar-refractivity contribution in [2.45, 2.75) is 18.9 Å². The molecule has 3 rings (SSSR count). The topological polar surface area (TPSA) is 107 Å². The van der Waals surface area contributed by atoms with Crippen LogP contribution in [0, 0.1) is 0 Å². The molecule has 130 valence electrons. The Kier molecular flexibility index (Phi) is 5.08. The van der Waals surface area contributed by atoms with Gasteiger partial charge in [-0.3, -0.25) is 9.78 Å². The van der Waals surface area contributed by atoms with Gasteiger partial charge in [0.1, 0.15) is 11.5 Å². The molecule has 1 aliphatic rings. The summed E-state index contributed by atoms with van der Waals surface area (Å²) in [7, 11) is 0. The molecule has 0 unspecified atom stereocenters. The van der Waals surface area contributed by atoms with E-state index in [2.05, 4.69) is 25.5 Å². The van der Waals surface area contributed by atoms with Crippen molar-refractivity contribution in [3.05, 3.63) is 48.4 Å². The van der Waals surface area contributed by atoms with E-state index in [-0.39, 0.29) is 11.9 Å². The third-order valence-electron chi connectivity index (χ3n) is 4.05. The second-order valence-corrected chi connectivity index (χ2v) is 5.78. The number of rotatable bonds is 4. The van der Waals surface area contributed by atoms with Crippen molar-refractivity contribution in [2.75, 3.05) is 23.3 Å². The lowest BCUT2D eigenvalue weighted by atomic mass is 10.1. The molecule has 1 aliphatic heterocycles. The van der Waals surface area contributed by atoms with Crippen molar-refractivity contribution in [3.8, 4) is 0 Å². The number of amides is 2. The number of pyridine rings is 2. The molecule has 0 spiro atoms. The van der Waals surface area contributed by atoms with Gasteiger partial charge < -0.3 is 20.6 Å². The van der Waals surface area contributed by atoms with Crippen molar-refractivity contribution in [2.24, 2.45) is 0 Å². The first kappa shape index (κ1) is 16.7. The molecule has 0 saturated carbocycles. The average molecular weight is 341 g/mol. The lowest BCUT2D eigenvalue weighted by Gasteiger charge is -2.32. The summed E-state index contributed by atoms with van der Waals surface area (Å²) in [6, 6.07) is 8.70. The predicted octanol–water partition coefficient (Wildman–Crippen LogP) is 1.97. The maximum absolute atomic E-state index is 12.3. The molecule has 8 nitrogen and oxygen atoms in total. The van der Waals surface area contributed by atoms with Crippen molar-refractivity contribution in [3.63, 3.8) is 0 Å². The molecule has 3 heterocycles. The van der Waals surface area contributed by atoms with Crippen LogP contribution in [-0.2, 0) is 0 Å². The third-order valence-corrected chi connectivity index (χ3v) is 4.05. The summed E-state index contributed by atoms with van der Waals surface area (Å²) in [5, 5.41) is 14.1. The first-order chi connectivity index (χ1) is 12.1. The van der Waals surface area contributed by atoms with Crippen LogP contribution in [0.3, 0.4) is 0 Å². The Morgan fingerprint density at radius 3 is 2.52 bits per heavy atom. The number of aromatic nitrogens is 2. The minimum absolute atomic E-state index is 0.0353. The van der Waals surface area contributed by atoms with Crippen LogP contribution in [0.15, 0.2) is 42.7 Å². The molecule has 0 aliphatic carbocycles. The summed E-state index contributed by atoms with van der Waals surface area (Å²) >= 11 is 0. The maximum Gasteiger partial charge on any atom is 0.404 e. The maximum atomic E-state index is 12.3. The normalized spacial score (nSPS) is 14.8. The molecule has 0 atom stereocenters. The van der Waals surface area contributed by atoms with Gasteiger partial charge in [-0.05, 0) is 37.1 Å². The summed E-state index contributed by atoms with van der Waals surface area (Å²) in [6.07, 6.45) is 3.64. The molecular formula is C17H19N5O3. The first-order valence-corrected chi connectivity index (χ1v) is 8.04. The van der Waals surface area contributed by atoms with Gasteiger partial charge in [0.25, 0.3) is 5.91 Å². The zero-order valence-corrected chi connectivity index (χ0v) is 13.6. The number of nitrogens with one attached hydrogen (secondary N) is 2. The Morgan fingerprint density at radius 1 is 1.12 bits per heavy atom. The van der Waals surface area contributed by atoms with Crippen LogP contribution < -0.4 is 15.5 Å². The Balaban J connectivity index is 1.64. The standard InChI is InChI=1S/C17H19N5O3/c23-16(19-12-4-8-18-9-5-12)14-2-1-3-15(21-14)22-10-6-13(7-11-22)20-17(24)25/h1-5,8-9,13,20H,6-7,10-11H2,(H,24,25)(H,18,19,23). The monoisotopic (exact) mass is 341 g/mol. The number of nitrogens with zero attached hydrogens (tertiary/aromatic N) is 3. The lowest BCUT2D eigenvalue weighted by Crippen LogP contribution is -2.44.